The number of thioether (sulfide) groups is 1. The zero-order chi connectivity index (χ0) is 10.6. The molecule has 0 aliphatic carbocycles. The van der Waals surface area contributed by atoms with Crippen LogP contribution < -0.4 is 0 Å². The number of aliphatic carboxylic acids is 1. The second kappa shape index (κ2) is 4.58. The topological polar surface area (TPSA) is 86.9 Å². The van der Waals surface area contributed by atoms with Gasteiger partial charge in [-0.2, -0.15) is 5.26 Å². The molecule has 0 aliphatic rings. The maximum Gasteiger partial charge on any atom is 0.316 e. The summed E-state index contributed by atoms with van der Waals surface area (Å²) in [7, 11) is 0. The van der Waals surface area contributed by atoms with E-state index in [0.717, 1.165) is 11.8 Å². The third kappa shape index (κ3) is 2.71. The Bertz CT molecular complexity index is 388. The van der Waals surface area contributed by atoms with Crippen molar-refractivity contribution >= 4 is 17.7 Å². The van der Waals surface area contributed by atoms with E-state index in [0.29, 0.717) is 5.03 Å². The number of nitrogens with zero attached hydrogens (tertiary/aromatic N) is 3. The minimum atomic E-state index is -0.910. The molecule has 0 fully saturated rings. The summed E-state index contributed by atoms with van der Waals surface area (Å²) in [5, 5.41) is 17.1. The number of carbonyl (C=O) groups is 1. The van der Waals surface area contributed by atoms with Gasteiger partial charge in [0.2, 0.25) is 0 Å². The van der Waals surface area contributed by atoms with Gasteiger partial charge in [0.15, 0.2) is 0 Å². The van der Waals surface area contributed by atoms with Crippen LogP contribution in [0.25, 0.3) is 0 Å². The van der Waals surface area contributed by atoms with E-state index in [1.54, 1.807) is 6.92 Å². The Kier molecular flexibility index (Phi) is 3.42. The smallest absolute Gasteiger partial charge is 0.316 e. The molecule has 0 saturated carbocycles. The number of aromatic nitrogens is 2. The molecule has 14 heavy (non-hydrogen) atoms. The molecule has 1 heterocycles. The molecule has 1 N–H and O–H groups in total. The first-order valence-corrected chi connectivity index (χ1v) is 4.63. The quantitative estimate of drug-likeness (QED) is 0.588. The van der Waals surface area contributed by atoms with Gasteiger partial charge in [-0.3, -0.25) is 4.79 Å². The van der Waals surface area contributed by atoms with Crippen molar-refractivity contribution in [2.24, 2.45) is 0 Å². The number of carboxylic acid groups (broad SMARTS) is 1. The van der Waals surface area contributed by atoms with Crippen molar-refractivity contribution in [2.45, 2.75) is 17.2 Å². The highest BCUT2D eigenvalue weighted by molar-refractivity contribution is 8.00. The van der Waals surface area contributed by atoms with Crippen LogP contribution in [0.3, 0.4) is 0 Å². The Morgan fingerprint density at radius 2 is 2.43 bits per heavy atom. The van der Waals surface area contributed by atoms with Gasteiger partial charge in [-0.05, 0) is 6.92 Å². The normalized spacial score (nSPS) is 11.7. The lowest BCUT2D eigenvalue weighted by Gasteiger charge is -2.03. The van der Waals surface area contributed by atoms with Gasteiger partial charge in [-0.25, -0.2) is 9.97 Å². The average molecular weight is 209 g/mol. The molecule has 0 bridgehead atoms. The summed E-state index contributed by atoms with van der Waals surface area (Å²) < 4.78 is 0. The van der Waals surface area contributed by atoms with Gasteiger partial charge in [0.05, 0.1) is 0 Å². The van der Waals surface area contributed by atoms with Crippen molar-refractivity contribution in [3.63, 3.8) is 0 Å². The van der Waals surface area contributed by atoms with Crippen LogP contribution in [0.5, 0.6) is 0 Å². The fourth-order valence-electron chi connectivity index (χ4n) is 0.697. The Morgan fingerprint density at radius 3 is 3.00 bits per heavy atom. The van der Waals surface area contributed by atoms with E-state index in [4.69, 9.17) is 10.4 Å². The van der Waals surface area contributed by atoms with Gasteiger partial charge in [0.25, 0.3) is 0 Å². The third-order valence-corrected chi connectivity index (χ3v) is 2.42. The summed E-state index contributed by atoms with van der Waals surface area (Å²) in [4.78, 5) is 18.1. The van der Waals surface area contributed by atoms with Crippen LogP contribution >= 0.6 is 11.8 Å². The van der Waals surface area contributed by atoms with Crippen LogP contribution in [0.4, 0.5) is 0 Å². The van der Waals surface area contributed by atoms with E-state index in [-0.39, 0.29) is 5.69 Å². The molecule has 6 heteroatoms. The molecule has 0 amide bonds. The summed E-state index contributed by atoms with van der Waals surface area (Å²) in [5.41, 5.74) is 0.236. The van der Waals surface area contributed by atoms with Crippen molar-refractivity contribution in [1.29, 1.82) is 5.26 Å². The predicted octanol–water partition coefficient (Wildman–Crippen LogP) is 0.913. The summed E-state index contributed by atoms with van der Waals surface area (Å²) in [6.45, 7) is 1.56. The molecule has 0 spiro atoms. The molecule has 0 aromatic carbocycles. The van der Waals surface area contributed by atoms with E-state index in [1.165, 1.54) is 12.4 Å². The van der Waals surface area contributed by atoms with Gasteiger partial charge in [-0.15, -0.1) is 0 Å². The Hall–Kier alpha value is -1.61. The second-order valence-corrected chi connectivity index (χ2v) is 3.81. The minimum Gasteiger partial charge on any atom is -0.480 e. The van der Waals surface area contributed by atoms with Crippen LogP contribution in [0.2, 0.25) is 0 Å². The van der Waals surface area contributed by atoms with Crippen molar-refractivity contribution in [1.82, 2.24) is 9.97 Å². The van der Waals surface area contributed by atoms with E-state index in [1.807, 2.05) is 6.07 Å². The zero-order valence-corrected chi connectivity index (χ0v) is 8.15. The first-order valence-electron chi connectivity index (χ1n) is 3.75. The summed E-state index contributed by atoms with van der Waals surface area (Å²) >= 11 is 1.08. The van der Waals surface area contributed by atoms with E-state index in [2.05, 4.69) is 9.97 Å². The molecular weight excluding hydrogens is 202 g/mol. The van der Waals surface area contributed by atoms with Gasteiger partial charge < -0.3 is 5.11 Å². The molecule has 5 nitrogen and oxygen atoms in total. The molecule has 1 aromatic rings. The average Bonchev–Trinajstić information content (AvgIpc) is 2.18. The third-order valence-electron chi connectivity index (χ3n) is 1.40. The van der Waals surface area contributed by atoms with Crippen LogP contribution in [-0.2, 0) is 4.79 Å². The molecule has 72 valence electrons. The second-order valence-electron chi connectivity index (χ2n) is 2.45. The lowest BCUT2D eigenvalue weighted by atomic mass is 10.4. The van der Waals surface area contributed by atoms with E-state index < -0.39 is 11.2 Å². The highest BCUT2D eigenvalue weighted by Crippen LogP contribution is 2.20. The monoisotopic (exact) mass is 209 g/mol. The zero-order valence-electron chi connectivity index (χ0n) is 7.34. The standard InChI is InChI=1S/C8H7N3O2S/c1-5(8(12)13)14-7-2-6(3-9)10-4-11-7/h2,4-5H,1H3,(H,12,13). The van der Waals surface area contributed by atoms with Crippen molar-refractivity contribution in [2.75, 3.05) is 0 Å². The number of rotatable bonds is 3. The van der Waals surface area contributed by atoms with Gasteiger partial charge in [0.1, 0.15) is 28.4 Å². The number of nitriles is 1. The van der Waals surface area contributed by atoms with Gasteiger partial charge in [0, 0.05) is 6.07 Å². The van der Waals surface area contributed by atoms with Crippen molar-refractivity contribution in [3.05, 3.63) is 18.1 Å². The molecule has 0 radical (unpaired) electrons. The first-order chi connectivity index (χ1) is 6.63. The van der Waals surface area contributed by atoms with Crippen LogP contribution in [0.1, 0.15) is 12.6 Å². The number of hydrogen-bond acceptors (Lipinski definition) is 5. The Balaban J connectivity index is 2.78. The summed E-state index contributed by atoms with van der Waals surface area (Å²) in [5.74, 6) is -0.910. The Morgan fingerprint density at radius 1 is 1.71 bits per heavy atom. The van der Waals surface area contributed by atoms with Crippen LogP contribution in [0, 0.1) is 11.3 Å². The molecule has 1 rings (SSSR count). The van der Waals surface area contributed by atoms with E-state index in [9.17, 15) is 4.79 Å². The fourth-order valence-corrected chi connectivity index (χ4v) is 1.45. The van der Waals surface area contributed by atoms with Gasteiger partial charge in [-0.1, -0.05) is 11.8 Å². The number of carboxylic acids is 1. The Labute approximate surface area is 84.8 Å². The highest BCUT2D eigenvalue weighted by atomic mass is 32.2. The van der Waals surface area contributed by atoms with E-state index >= 15 is 0 Å². The highest BCUT2D eigenvalue weighted by Gasteiger charge is 2.13. The SMILES string of the molecule is CC(Sc1cc(C#N)ncn1)C(=O)O. The summed E-state index contributed by atoms with van der Waals surface area (Å²) in [6, 6.07) is 3.32. The maximum absolute atomic E-state index is 10.5. The molecule has 1 atom stereocenters. The fraction of sp³-hybridized carbons (Fsp3) is 0.250. The lowest BCUT2D eigenvalue weighted by molar-refractivity contribution is -0.136. The molecule has 1 unspecified atom stereocenters. The van der Waals surface area contributed by atoms with Gasteiger partial charge >= 0.3 is 5.97 Å². The number of hydrogen-bond donors (Lipinski definition) is 1. The predicted molar refractivity (Wildman–Crippen MR) is 49.7 cm³/mol. The molecule has 1 aromatic heterocycles. The lowest BCUT2D eigenvalue weighted by Crippen LogP contribution is -2.11. The van der Waals surface area contributed by atoms with Crippen LogP contribution in [-0.4, -0.2) is 26.3 Å². The first kappa shape index (κ1) is 10.5. The summed E-state index contributed by atoms with van der Waals surface area (Å²) in [6.07, 6.45) is 1.25. The largest absolute Gasteiger partial charge is 0.480 e. The van der Waals surface area contributed by atoms with Crippen molar-refractivity contribution in [3.8, 4) is 6.07 Å². The molecular formula is C8H7N3O2S. The molecule has 0 saturated heterocycles. The van der Waals surface area contributed by atoms with Crippen molar-refractivity contribution < 1.29 is 9.90 Å². The molecule has 0 aliphatic heterocycles. The van der Waals surface area contributed by atoms with Crippen LogP contribution in [0.15, 0.2) is 17.4 Å². The maximum atomic E-state index is 10.5. The minimum absolute atomic E-state index is 0.236.